The van der Waals surface area contributed by atoms with E-state index in [0.717, 1.165) is 34.5 Å². The average molecular weight is 436 g/mol. The summed E-state index contributed by atoms with van der Waals surface area (Å²) in [5.74, 6) is -1.97. The maximum Gasteiger partial charge on any atom is 0.527 e. The Kier molecular flexibility index (Phi) is 5.91. The third-order valence-corrected chi connectivity index (χ3v) is 5.26. The molecule has 4 rings (SSSR count). The van der Waals surface area contributed by atoms with Gasteiger partial charge in [0.15, 0.2) is 11.8 Å². The summed E-state index contributed by atoms with van der Waals surface area (Å²) >= 11 is 0. The molecule has 1 aromatic heterocycles. The molecule has 32 heavy (non-hydrogen) atoms. The van der Waals surface area contributed by atoms with Crippen LogP contribution in [0.2, 0.25) is 0 Å². The van der Waals surface area contributed by atoms with Gasteiger partial charge in [0.2, 0.25) is 5.43 Å². The predicted octanol–water partition coefficient (Wildman–Crippen LogP) is 2.48. The molecule has 0 fully saturated rings. The number of benzene rings is 2. The molecule has 0 spiro atoms. The van der Waals surface area contributed by atoms with E-state index >= 15 is 0 Å². The number of aliphatic carboxylic acids is 1. The molecular formula is C23H20N2O7. The van der Waals surface area contributed by atoms with E-state index in [1.165, 1.54) is 10.8 Å². The maximum atomic E-state index is 12.1. The highest BCUT2D eigenvalue weighted by atomic mass is 16.8. The number of fused-ring (bicyclic) bond motifs is 3. The number of aromatic nitrogens is 1. The SMILES string of the molecule is O=C(OCC1c2ccccc2-c2ccccc21)ON[C@@H](Cn1ccc(=O)c(O)c1)C(=O)O. The Morgan fingerprint density at radius 1 is 1.03 bits per heavy atom. The third kappa shape index (κ3) is 4.33. The molecule has 0 radical (unpaired) electrons. The van der Waals surface area contributed by atoms with E-state index in [9.17, 15) is 24.6 Å². The molecule has 0 bridgehead atoms. The lowest BCUT2D eigenvalue weighted by atomic mass is 9.98. The van der Waals surface area contributed by atoms with Crippen LogP contribution in [0.25, 0.3) is 11.1 Å². The standard InChI is InChI=1S/C23H20N2O7/c26-20-9-10-25(12-21(20)27)11-19(22(28)29)24-32-23(30)31-13-18-16-7-3-1-5-14(16)15-6-2-4-8-17(15)18/h1-10,12,18-19,24,27H,11,13H2,(H,28,29)/t19-/m0/s1. The van der Waals surface area contributed by atoms with Crippen molar-refractivity contribution >= 4 is 12.1 Å². The lowest BCUT2D eigenvalue weighted by Crippen LogP contribution is -2.41. The Balaban J connectivity index is 1.37. The van der Waals surface area contributed by atoms with Crippen LogP contribution in [0, 0.1) is 0 Å². The zero-order chi connectivity index (χ0) is 22.7. The molecule has 3 aromatic rings. The molecular weight excluding hydrogens is 416 g/mol. The summed E-state index contributed by atoms with van der Waals surface area (Å²) in [6, 6.07) is 15.5. The lowest BCUT2D eigenvalue weighted by molar-refractivity contribution is -0.143. The number of carboxylic acid groups (broad SMARTS) is 1. The van der Waals surface area contributed by atoms with Gasteiger partial charge in [0.1, 0.15) is 6.61 Å². The molecule has 0 amide bonds. The van der Waals surface area contributed by atoms with Crippen molar-refractivity contribution in [1.82, 2.24) is 10.0 Å². The molecule has 1 aliphatic carbocycles. The number of pyridine rings is 1. The first-order chi connectivity index (χ1) is 15.4. The number of hydroxylamine groups is 1. The van der Waals surface area contributed by atoms with Crippen molar-refractivity contribution in [2.75, 3.05) is 6.61 Å². The Hall–Kier alpha value is -4.11. The highest BCUT2D eigenvalue weighted by molar-refractivity contribution is 5.79. The number of carboxylic acids is 1. The fourth-order valence-corrected chi connectivity index (χ4v) is 3.74. The summed E-state index contributed by atoms with van der Waals surface area (Å²) < 4.78 is 6.53. The monoisotopic (exact) mass is 436 g/mol. The Morgan fingerprint density at radius 2 is 1.66 bits per heavy atom. The fraction of sp³-hybridized carbons (Fsp3) is 0.174. The van der Waals surface area contributed by atoms with Gasteiger partial charge in [0.25, 0.3) is 0 Å². The minimum atomic E-state index is -1.34. The number of rotatable bonds is 7. The summed E-state index contributed by atoms with van der Waals surface area (Å²) in [6.45, 7) is -0.181. The van der Waals surface area contributed by atoms with Crippen LogP contribution in [0.4, 0.5) is 4.79 Å². The van der Waals surface area contributed by atoms with E-state index in [0.29, 0.717) is 0 Å². The predicted molar refractivity (Wildman–Crippen MR) is 113 cm³/mol. The first-order valence-corrected chi connectivity index (χ1v) is 9.83. The summed E-state index contributed by atoms with van der Waals surface area (Å²) in [4.78, 5) is 39.6. The van der Waals surface area contributed by atoms with Crippen molar-refractivity contribution in [3.8, 4) is 16.9 Å². The number of ether oxygens (including phenoxy) is 1. The summed E-state index contributed by atoms with van der Waals surface area (Å²) in [5, 5.41) is 18.8. The van der Waals surface area contributed by atoms with Crippen LogP contribution in [-0.4, -0.2) is 39.6 Å². The van der Waals surface area contributed by atoms with E-state index in [1.54, 1.807) is 0 Å². The van der Waals surface area contributed by atoms with Crippen molar-refractivity contribution < 1.29 is 29.4 Å². The van der Waals surface area contributed by atoms with Gasteiger partial charge in [-0.1, -0.05) is 48.5 Å². The van der Waals surface area contributed by atoms with Crippen molar-refractivity contribution in [2.45, 2.75) is 18.5 Å². The van der Waals surface area contributed by atoms with E-state index in [2.05, 4.69) is 5.48 Å². The largest absolute Gasteiger partial charge is 0.527 e. The van der Waals surface area contributed by atoms with Gasteiger partial charge < -0.3 is 24.4 Å². The summed E-state index contributed by atoms with van der Waals surface area (Å²) in [7, 11) is 0. The first kappa shape index (κ1) is 21.1. The van der Waals surface area contributed by atoms with E-state index in [-0.39, 0.29) is 19.1 Å². The maximum absolute atomic E-state index is 12.1. The summed E-state index contributed by atoms with van der Waals surface area (Å²) in [6.07, 6.45) is 1.33. The van der Waals surface area contributed by atoms with Gasteiger partial charge in [-0.3, -0.25) is 9.59 Å². The first-order valence-electron chi connectivity index (χ1n) is 9.83. The lowest BCUT2D eigenvalue weighted by Gasteiger charge is -2.17. The van der Waals surface area contributed by atoms with Crippen LogP contribution in [0.5, 0.6) is 5.75 Å². The normalized spacial score (nSPS) is 13.1. The van der Waals surface area contributed by atoms with E-state index in [1.807, 2.05) is 48.5 Å². The highest BCUT2D eigenvalue weighted by Crippen LogP contribution is 2.44. The number of nitrogens with zero attached hydrogens (tertiary/aromatic N) is 1. The molecule has 1 aliphatic rings. The summed E-state index contributed by atoms with van der Waals surface area (Å²) in [5.41, 5.74) is 5.81. The zero-order valence-electron chi connectivity index (χ0n) is 16.8. The molecule has 9 heteroatoms. The van der Waals surface area contributed by atoms with Crippen LogP contribution in [0.1, 0.15) is 17.0 Å². The Labute approximate surface area is 182 Å². The molecule has 0 aliphatic heterocycles. The Morgan fingerprint density at radius 3 is 2.25 bits per heavy atom. The van der Waals surface area contributed by atoms with Crippen LogP contribution in [0.3, 0.4) is 0 Å². The van der Waals surface area contributed by atoms with Gasteiger partial charge >= 0.3 is 12.1 Å². The number of carbonyl (C=O) groups excluding carboxylic acids is 1. The average Bonchev–Trinajstić information content (AvgIpc) is 3.11. The van der Waals surface area contributed by atoms with Crippen molar-refractivity contribution in [1.29, 1.82) is 0 Å². The third-order valence-electron chi connectivity index (χ3n) is 5.26. The second kappa shape index (κ2) is 8.94. The quantitative estimate of drug-likeness (QED) is 0.381. The number of hydrogen-bond acceptors (Lipinski definition) is 7. The molecule has 3 N–H and O–H groups in total. The van der Waals surface area contributed by atoms with E-state index in [4.69, 9.17) is 9.57 Å². The number of nitrogens with one attached hydrogen (secondary N) is 1. The van der Waals surface area contributed by atoms with Gasteiger partial charge in [-0.25, -0.2) is 4.79 Å². The van der Waals surface area contributed by atoms with Crippen LogP contribution in [-0.2, 0) is 20.9 Å². The van der Waals surface area contributed by atoms with E-state index < -0.39 is 29.3 Å². The van der Waals surface area contributed by atoms with Gasteiger partial charge in [-0.2, -0.15) is 0 Å². The molecule has 0 saturated carbocycles. The molecule has 0 saturated heterocycles. The minimum Gasteiger partial charge on any atom is -0.503 e. The molecule has 2 aromatic carbocycles. The van der Waals surface area contributed by atoms with Gasteiger partial charge in [-0.05, 0) is 22.3 Å². The molecule has 0 unspecified atom stereocenters. The topological polar surface area (TPSA) is 127 Å². The fourth-order valence-electron chi connectivity index (χ4n) is 3.74. The molecule has 9 nitrogen and oxygen atoms in total. The van der Waals surface area contributed by atoms with Gasteiger partial charge in [0.05, 0.1) is 6.54 Å². The smallest absolute Gasteiger partial charge is 0.503 e. The minimum absolute atomic E-state index is 0.0276. The molecule has 164 valence electrons. The number of carbonyl (C=O) groups is 2. The molecule has 1 atom stereocenters. The Bertz CT molecular complexity index is 1180. The number of hydrogen-bond donors (Lipinski definition) is 3. The van der Waals surface area contributed by atoms with Crippen molar-refractivity contribution in [3.63, 3.8) is 0 Å². The van der Waals surface area contributed by atoms with Crippen molar-refractivity contribution in [3.05, 3.63) is 88.3 Å². The highest BCUT2D eigenvalue weighted by Gasteiger charge is 2.29. The van der Waals surface area contributed by atoms with Crippen LogP contribution in [0.15, 0.2) is 71.8 Å². The second-order valence-corrected chi connectivity index (χ2v) is 7.29. The second-order valence-electron chi connectivity index (χ2n) is 7.29. The molecule has 1 heterocycles. The van der Waals surface area contributed by atoms with Crippen molar-refractivity contribution in [2.24, 2.45) is 0 Å². The van der Waals surface area contributed by atoms with Gasteiger partial charge in [-0.15, -0.1) is 5.48 Å². The van der Waals surface area contributed by atoms with Crippen LogP contribution < -0.4 is 10.9 Å². The number of aromatic hydroxyl groups is 1. The van der Waals surface area contributed by atoms with Gasteiger partial charge in [0, 0.05) is 24.4 Å². The van der Waals surface area contributed by atoms with Crippen LogP contribution >= 0.6 is 0 Å². The zero-order valence-corrected chi connectivity index (χ0v) is 16.8.